The van der Waals surface area contributed by atoms with Crippen LogP contribution in [-0.2, 0) is 0 Å². The number of nitrogens with zero attached hydrogens (tertiary/aromatic N) is 3. The van der Waals surface area contributed by atoms with Gasteiger partial charge in [-0.05, 0) is 26.2 Å². The van der Waals surface area contributed by atoms with Crippen molar-refractivity contribution in [1.82, 2.24) is 9.88 Å². The summed E-state index contributed by atoms with van der Waals surface area (Å²) < 4.78 is 0. The number of anilines is 2. The molecule has 1 aromatic heterocycles. The third-order valence-electron chi connectivity index (χ3n) is 3.88. The van der Waals surface area contributed by atoms with E-state index in [-0.39, 0.29) is 5.91 Å². The van der Waals surface area contributed by atoms with Gasteiger partial charge in [-0.15, -0.1) is 0 Å². The van der Waals surface area contributed by atoms with E-state index in [1.165, 1.54) is 37.0 Å². The van der Waals surface area contributed by atoms with Gasteiger partial charge in [0.15, 0.2) is 5.13 Å². The molecule has 0 unspecified atom stereocenters. The lowest BCUT2D eigenvalue weighted by Crippen LogP contribution is -2.31. The molecule has 1 amide bonds. The maximum absolute atomic E-state index is 12.5. The van der Waals surface area contributed by atoms with Crippen molar-refractivity contribution in [3.8, 4) is 0 Å². The number of carbonyl (C=O) groups excluding carboxylic acids is 1. The molecular formula is C15H26N4OS. The Morgan fingerprint density at radius 1 is 1.29 bits per heavy atom. The van der Waals surface area contributed by atoms with Crippen molar-refractivity contribution in [3.05, 3.63) is 4.88 Å². The number of nitrogens with two attached hydrogens (primary N) is 1. The van der Waals surface area contributed by atoms with Crippen molar-refractivity contribution in [2.24, 2.45) is 0 Å². The lowest BCUT2D eigenvalue weighted by Gasteiger charge is -2.19. The fraction of sp³-hybridized carbons (Fsp3) is 0.733. The van der Waals surface area contributed by atoms with Crippen LogP contribution in [0.5, 0.6) is 0 Å². The summed E-state index contributed by atoms with van der Waals surface area (Å²) in [6.07, 6.45) is 5.91. The van der Waals surface area contributed by atoms with Gasteiger partial charge >= 0.3 is 0 Å². The third-order valence-corrected chi connectivity index (χ3v) is 5.00. The molecule has 2 N–H and O–H groups in total. The molecule has 0 saturated carbocycles. The van der Waals surface area contributed by atoms with Crippen LogP contribution in [0, 0.1) is 0 Å². The number of aromatic nitrogens is 1. The van der Waals surface area contributed by atoms with Crippen LogP contribution in [0.15, 0.2) is 0 Å². The van der Waals surface area contributed by atoms with Crippen LogP contribution in [0.25, 0.3) is 0 Å². The van der Waals surface area contributed by atoms with Crippen LogP contribution >= 0.6 is 11.3 Å². The fourth-order valence-corrected chi connectivity index (χ4v) is 3.69. The molecule has 0 aromatic carbocycles. The van der Waals surface area contributed by atoms with Gasteiger partial charge in [0, 0.05) is 26.2 Å². The smallest absolute Gasteiger partial charge is 0.267 e. The van der Waals surface area contributed by atoms with Gasteiger partial charge in [-0.3, -0.25) is 4.79 Å². The minimum Gasteiger partial charge on any atom is -0.382 e. The predicted octanol–water partition coefficient (Wildman–Crippen LogP) is 2.98. The Balaban J connectivity index is 2.15. The molecule has 1 saturated heterocycles. The standard InChI is InChI=1S/C15H26N4OS/c1-3-9-18(4-2)14(20)12-13(16)17-15(21-12)19-10-7-5-6-8-11-19/h3-11,16H2,1-2H3. The van der Waals surface area contributed by atoms with Crippen LogP contribution in [0.1, 0.15) is 55.6 Å². The highest BCUT2D eigenvalue weighted by atomic mass is 32.1. The second kappa shape index (κ2) is 7.64. The molecule has 0 bridgehead atoms. The second-order valence-electron chi connectivity index (χ2n) is 5.50. The van der Waals surface area contributed by atoms with Crippen molar-refractivity contribution in [1.29, 1.82) is 0 Å². The van der Waals surface area contributed by atoms with Crippen LogP contribution < -0.4 is 10.6 Å². The molecule has 5 nitrogen and oxygen atoms in total. The van der Waals surface area contributed by atoms with E-state index in [1.54, 1.807) is 0 Å². The minimum absolute atomic E-state index is 0.0235. The van der Waals surface area contributed by atoms with Gasteiger partial charge in [0.2, 0.25) is 0 Å². The summed E-state index contributed by atoms with van der Waals surface area (Å²) >= 11 is 1.45. The molecule has 0 radical (unpaired) electrons. The number of rotatable bonds is 5. The van der Waals surface area contributed by atoms with Crippen molar-refractivity contribution < 1.29 is 4.79 Å². The highest BCUT2D eigenvalue weighted by molar-refractivity contribution is 7.18. The van der Waals surface area contributed by atoms with Gasteiger partial charge in [0.05, 0.1) is 0 Å². The largest absolute Gasteiger partial charge is 0.382 e. The zero-order valence-corrected chi connectivity index (χ0v) is 13.9. The molecular weight excluding hydrogens is 284 g/mol. The third kappa shape index (κ3) is 3.87. The Kier molecular flexibility index (Phi) is 5.85. The normalized spacial score (nSPS) is 15.8. The van der Waals surface area contributed by atoms with E-state index >= 15 is 0 Å². The molecule has 2 heterocycles. The van der Waals surface area contributed by atoms with E-state index in [2.05, 4.69) is 16.8 Å². The van der Waals surface area contributed by atoms with Crippen molar-refractivity contribution in [2.45, 2.75) is 46.0 Å². The molecule has 0 spiro atoms. The Hall–Kier alpha value is -1.30. The van der Waals surface area contributed by atoms with E-state index in [0.29, 0.717) is 17.2 Å². The topological polar surface area (TPSA) is 62.5 Å². The average Bonchev–Trinajstić information content (AvgIpc) is 2.70. The van der Waals surface area contributed by atoms with Crippen LogP contribution in [0.3, 0.4) is 0 Å². The Morgan fingerprint density at radius 3 is 2.52 bits per heavy atom. The van der Waals surface area contributed by atoms with Gasteiger partial charge in [-0.1, -0.05) is 31.1 Å². The number of nitrogen functional groups attached to an aromatic ring is 1. The first kappa shape index (κ1) is 16.1. The van der Waals surface area contributed by atoms with Gasteiger partial charge in [-0.25, -0.2) is 4.98 Å². The summed E-state index contributed by atoms with van der Waals surface area (Å²) in [6, 6.07) is 0. The molecule has 6 heteroatoms. The zero-order valence-electron chi connectivity index (χ0n) is 13.1. The Bertz CT molecular complexity index is 466. The summed E-state index contributed by atoms with van der Waals surface area (Å²) in [5.74, 6) is 0.411. The number of carbonyl (C=O) groups is 1. The zero-order chi connectivity index (χ0) is 15.2. The molecule has 1 aliphatic rings. The molecule has 21 heavy (non-hydrogen) atoms. The van der Waals surface area contributed by atoms with E-state index in [1.807, 2.05) is 11.8 Å². The molecule has 1 aliphatic heterocycles. The molecule has 1 aromatic rings. The fourth-order valence-electron chi connectivity index (χ4n) is 2.69. The monoisotopic (exact) mass is 310 g/mol. The van der Waals surface area contributed by atoms with E-state index in [0.717, 1.165) is 31.2 Å². The summed E-state index contributed by atoms with van der Waals surface area (Å²) in [6.45, 7) is 7.60. The van der Waals surface area contributed by atoms with Crippen LogP contribution in [-0.4, -0.2) is 42.0 Å². The quantitative estimate of drug-likeness (QED) is 0.908. The average molecular weight is 310 g/mol. The van der Waals surface area contributed by atoms with Crippen molar-refractivity contribution >= 4 is 28.2 Å². The predicted molar refractivity (Wildman–Crippen MR) is 89.1 cm³/mol. The lowest BCUT2D eigenvalue weighted by atomic mass is 10.2. The Labute approximate surface area is 131 Å². The van der Waals surface area contributed by atoms with Crippen LogP contribution in [0.2, 0.25) is 0 Å². The molecule has 2 rings (SSSR count). The summed E-state index contributed by atoms with van der Waals surface area (Å²) in [4.78, 5) is 21.7. The highest BCUT2D eigenvalue weighted by Gasteiger charge is 2.23. The Morgan fingerprint density at radius 2 is 1.95 bits per heavy atom. The number of hydrogen-bond donors (Lipinski definition) is 1. The van der Waals surface area contributed by atoms with E-state index in [4.69, 9.17) is 5.73 Å². The second-order valence-corrected chi connectivity index (χ2v) is 6.47. The number of amides is 1. The first-order valence-electron chi connectivity index (χ1n) is 7.97. The van der Waals surface area contributed by atoms with Gasteiger partial charge in [0.1, 0.15) is 10.7 Å². The first-order valence-corrected chi connectivity index (χ1v) is 8.79. The van der Waals surface area contributed by atoms with Crippen molar-refractivity contribution in [2.75, 3.05) is 36.8 Å². The van der Waals surface area contributed by atoms with E-state index in [9.17, 15) is 4.79 Å². The molecule has 1 fully saturated rings. The SMILES string of the molecule is CCCN(CC)C(=O)c1sc(N2CCCCCC2)nc1N. The van der Waals surface area contributed by atoms with Crippen LogP contribution in [0.4, 0.5) is 10.9 Å². The first-order chi connectivity index (χ1) is 10.2. The summed E-state index contributed by atoms with van der Waals surface area (Å²) in [5, 5.41) is 0.908. The van der Waals surface area contributed by atoms with Crippen molar-refractivity contribution in [3.63, 3.8) is 0 Å². The molecule has 0 aliphatic carbocycles. The summed E-state index contributed by atoms with van der Waals surface area (Å²) in [5.41, 5.74) is 6.00. The molecule has 118 valence electrons. The minimum atomic E-state index is 0.0235. The van der Waals surface area contributed by atoms with Gasteiger partial charge < -0.3 is 15.5 Å². The number of hydrogen-bond acceptors (Lipinski definition) is 5. The molecule has 0 atom stereocenters. The van der Waals surface area contributed by atoms with Gasteiger partial charge in [0.25, 0.3) is 5.91 Å². The van der Waals surface area contributed by atoms with Gasteiger partial charge in [-0.2, -0.15) is 0 Å². The summed E-state index contributed by atoms with van der Waals surface area (Å²) in [7, 11) is 0. The lowest BCUT2D eigenvalue weighted by molar-refractivity contribution is 0.0770. The maximum Gasteiger partial charge on any atom is 0.267 e. The highest BCUT2D eigenvalue weighted by Crippen LogP contribution is 2.30. The maximum atomic E-state index is 12.5. The van der Waals surface area contributed by atoms with E-state index < -0.39 is 0 Å². The number of thiazole rings is 1.